The van der Waals surface area contributed by atoms with E-state index < -0.39 is 5.91 Å². The predicted octanol–water partition coefficient (Wildman–Crippen LogP) is 2.85. The zero-order chi connectivity index (χ0) is 21.1. The van der Waals surface area contributed by atoms with Crippen molar-refractivity contribution in [1.29, 1.82) is 0 Å². The van der Waals surface area contributed by atoms with Crippen LogP contribution in [0.1, 0.15) is 39.3 Å². The molecule has 0 unspecified atom stereocenters. The molecule has 0 spiro atoms. The average Bonchev–Trinajstić information content (AvgIpc) is 3.35. The maximum Gasteiger partial charge on any atom is 0.290 e. The SMILES string of the molecule is Cc1ccc(NCC(=O)NNC(=O)c2nn(-c3ccccc3)c3c2CCC3)c(C)c1. The van der Waals surface area contributed by atoms with Gasteiger partial charge >= 0.3 is 0 Å². The molecule has 4 rings (SSSR count). The normalized spacial score (nSPS) is 12.3. The third kappa shape index (κ3) is 4.05. The van der Waals surface area contributed by atoms with Crippen LogP contribution in [0.4, 0.5) is 5.69 Å². The number of hydrazine groups is 1. The van der Waals surface area contributed by atoms with E-state index in [0.717, 1.165) is 53.0 Å². The number of para-hydroxylation sites is 1. The maximum atomic E-state index is 12.7. The van der Waals surface area contributed by atoms with Gasteiger partial charge < -0.3 is 5.32 Å². The van der Waals surface area contributed by atoms with Crippen LogP contribution in [0.15, 0.2) is 48.5 Å². The summed E-state index contributed by atoms with van der Waals surface area (Å²) in [5, 5.41) is 7.62. The van der Waals surface area contributed by atoms with Crippen LogP contribution in [0, 0.1) is 13.8 Å². The number of carbonyl (C=O) groups excluding carboxylic acids is 2. The number of hydrogen-bond donors (Lipinski definition) is 3. The lowest BCUT2D eigenvalue weighted by molar-refractivity contribution is -0.120. The fourth-order valence-electron chi connectivity index (χ4n) is 3.82. The fraction of sp³-hybridized carbons (Fsp3) is 0.261. The van der Waals surface area contributed by atoms with E-state index in [9.17, 15) is 9.59 Å². The van der Waals surface area contributed by atoms with Gasteiger partial charge in [-0.15, -0.1) is 0 Å². The molecule has 1 heterocycles. The lowest BCUT2D eigenvalue weighted by Crippen LogP contribution is -2.44. The Morgan fingerprint density at radius 2 is 1.83 bits per heavy atom. The minimum atomic E-state index is -0.400. The summed E-state index contributed by atoms with van der Waals surface area (Å²) >= 11 is 0. The number of hydrogen-bond acceptors (Lipinski definition) is 4. The molecule has 3 aromatic rings. The number of amides is 2. The van der Waals surface area contributed by atoms with Gasteiger partial charge in [0.25, 0.3) is 11.8 Å². The van der Waals surface area contributed by atoms with Crippen molar-refractivity contribution in [1.82, 2.24) is 20.6 Å². The van der Waals surface area contributed by atoms with Crippen molar-refractivity contribution >= 4 is 17.5 Å². The first-order valence-electron chi connectivity index (χ1n) is 10.1. The number of anilines is 1. The predicted molar refractivity (Wildman–Crippen MR) is 116 cm³/mol. The maximum absolute atomic E-state index is 12.7. The average molecular weight is 403 g/mol. The van der Waals surface area contributed by atoms with Crippen LogP contribution in [0.2, 0.25) is 0 Å². The molecular formula is C23H25N5O2. The van der Waals surface area contributed by atoms with Gasteiger partial charge in [-0.25, -0.2) is 4.68 Å². The molecule has 3 N–H and O–H groups in total. The van der Waals surface area contributed by atoms with Crippen molar-refractivity contribution in [3.63, 3.8) is 0 Å². The number of fused-ring (bicyclic) bond motifs is 1. The second kappa shape index (κ2) is 8.41. The Bertz CT molecular complexity index is 1090. The first kappa shape index (κ1) is 19.7. The number of rotatable bonds is 5. The van der Waals surface area contributed by atoms with Crippen molar-refractivity contribution in [2.75, 3.05) is 11.9 Å². The van der Waals surface area contributed by atoms with E-state index in [-0.39, 0.29) is 12.5 Å². The van der Waals surface area contributed by atoms with Gasteiger partial charge in [0, 0.05) is 16.9 Å². The van der Waals surface area contributed by atoms with Gasteiger partial charge in [0.15, 0.2) is 5.69 Å². The summed E-state index contributed by atoms with van der Waals surface area (Å²) in [5.41, 5.74) is 11.4. The first-order valence-corrected chi connectivity index (χ1v) is 10.1. The number of aromatic nitrogens is 2. The Kier molecular flexibility index (Phi) is 5.52. The summed E-state index contributed by atoms with van der Waals surface area (Å²) in [6, 6.07) is 15.7. The Balaban J connectivity index is 1.39. The van der Waals surface area contributed by atoms with Crippen LogP contribution >= 0.6 is 0 Å². The molecule has 1 aliphatic carbocycles. The highest BCUT2D eigenvalue weighted by Gasteiger charge is 2.27. The van der Waals surface area contributed by atoms with Crippen molar-refractivity contribution < 1.29 is 9.59 Å². The van der Waals surface area contributed by atoms with E-state index >= 15 is 0 Å². The molecule has 2 amide bonds. The van der Waals surface area contributed by atoms with Gasteiger partial charge in [0.1, 0.15) is 0 Å². The first-order chi connectivity index (χ1) is 14.5. The van der Waals surface area contributed by atoms with Gasteiger partial charge in [-0.05, 0) is 56.9 Å². The second-order valence-corrected chi connectivity index (χ2v) is 7.55. The highest BCUT2D eigenvalue weighted by atomic mass is 16.2. The van der Waals surface area contributed by atoms with Crippen LogP contribution < -0.4 is 16.2 Å². The third-order valence-corrected chi connectivity index (χ3v) is 5.28. The molecular weight excluding hydrogens is 378 g/mol. The van der Waals surface area contributed by atoms with Gasteiger partial charge in [0.05, 0.1) is 12.2 Å². The molecule has 0 saturated heterocycles. The van der Waals surface area contributed by atoms with Crippen LogP contribution in [0.3, 0.4) is 0 Å². The van der Waals surface area contributed by atoms with Crippen LogP contribution in [-0.2, 0) is 17.6 Å². The Morgan fingerprint density at radius 1 is 1.03 bits per heavy atom. The lowest BCUT2D eigenvalue weighted by Gasteiger charge is -2.11. The van der Waals surface area contributed by atoms with Crippen molar-refractivity contribution in [2.24, 2.45) is 0 Å². The van der Waals surface area contributed by atoms with Crippen LogP contribution in [0.25, 0.3) is 5.69 Å². The van der Waals surface area contributed by atoms with E-state index in [4.69, 9.17) is 0 Å². The van der Waals surface area contributed by atoms with Gasteiger partial charge in [-0.2, -0.15) is 5.10 Å². The standard InChI is InChI=1S/C23H25N5O2/c1-15-11-12-19(16(2)13-15)24-14-21(29)25-26-23(30)22-18-9-6-10-20(18)28(27-22)17-7-4-3-5-8-17/h3-5,7-8,11-13,24H,6,9-10,14H2,1-2H3,(H,25,29)(H,26,30). The van der Waals surface area contributed by atoms with Gasteiger partial charge in [-0.1, -0.05) is 35.9 Å². The summed E-state index contributed by atoms with van der Waals surface area (Å²) in [5.74, 6) is -0.731. The van der Waals surface area contributed by atoms with E-state index in [1.165, 1.54) is 0 Å². The van der Waals surface area contributed by atoms with E-state index in [0.29, 0.717) is 5.69 Å². The molecule has 0 radical (unpaired) electrons. The van der Waals surface area contributed by atoms with Gasteiger partial charge in [-0.3, -0.25) is 20.4 Å². The summed E-state index contributed by atoms with van der Waals surface area (Å²) in [7, 11) is 0. The largest absolute Gasteiger partial charge is 0.376 e. The van der Waals surface area contributed by atoms with Crippen LogP contribution in [0.5, 0.6) is 0 Å². The quantitative estimate of drug-likeness (QED) is 0.572. The summed E-state index contributed by atoms with van der Waals surface area (Å²) in [4.78, 5) is 24.9. The number of benzene rings is 2. The molecule has 1 aromatic heterocycles. The van der Waals surface area contributed by atoms with Gasteiger partial charge in [0.2, 0.25) is 0 Å². The number of carbonyl (C=O) groups is 2. The molecule has 0 bridgehead atoms. The van der Waals surface area contributed by atoms with Crippen molar-refractivity contribution in [2.45, 2.75) is 33.1 Å². The fourth-order valence-corrected chi connectivity index (χ4v) is 3.82. The summed E-state index contributed by atoms with van der Waals surface area (Å²) < 4.78 is 1.83. The van der Waals surface area contributed by atoms with E-state index in [2.05, 4.69) is 21.3 Å². The molecule has 0 fully saturated rings. The topological polar surface area (TPSA) is 88.1 Å². The Hall–Kier alpha value is -3.61. The second-order valence-electron chi connectivity index (χ2n) is 7.55. The minimum absolute atomic E-state index is 0.0563. The zero-order valence-corrected chi connectivity index (χ0v) is 17.2. The summed E-state index contributed by atoms with van der Waals surface area (Å²) in [6.45, 7) is 4.06. The smallest absolute Gasteiger partial charge is 0.290 e. The number of nitrogens with one attached hydrogen (secondary N) is 3. The highest BCUT2D eigenvalue weighted by molar-refractivity contribution is 5.95. The van der Waals surface area contributed by atoms with Crippen LogP contribution in [-0.4, -0.2) is 28.1 Å². The number of aryl methyl sites for hydroxylation is 2. The third-order valence-electron chi connectivity index (χ3n) is 5.28. The monoisotopic (exact) mass is 403 g/mol. The lowest BCUT2D eigenvalue weighted by atomic mass is 10.1. The van der Waals surface area contributed by atoms with Crippen molar-refractivity contribution in [3.05, 3.63) is 76.6 Å². The van der Waals surface area contributed by atoms with Crippen molar-refractivity contribution in [3.8, 4) is 5.69 Å². The Labute approximate surface area is 175 Å². The zero-order valence-electron chi connectivity index (χ0n) is 17.2. The minimum Gasteiger partial charge on any atom is -0.376 e. The molecule has 0 atom stereocenters. The van der Waals surface area contributed by atoms with E-state index in [1.54, 1.807) is 0 Å². The molecule has 0 saturated carbocycles. The molecule has 2 aromatic carbocycles. The molecule has 1 aliphatic rings. The molecule has 7 nitrogen and oxygen atoms in total. The molecule has 154 valence electrons. The molecule has 0 aliphatic heterocycles. The number of nitrogens with zero attached hydrogens (tertiary/aromatic N) is 2. The Morgan fingerprint density at radius 3 is 2.60 bits per heavy atom. The molecule has 7 heteroatoms. The molecule has 30 heavy (non-hydrogen) atoms. The van der Waals surface area contributed by atoms with E-state index in [1.807, 2.05) is 67.1 Å². The summed E-state index contributed by atoms with van der Waals surface area (Å²) in [6.07, 6.45) is 2.69. The highest BCUT2D eigenvalue weighted by Crippen LogP contribution is 2.27.